The number of carbonyl (C=O) groups excluding carboxylic acids is 3. The molecule has 1 aliphatic heterocycles. The molecule has 1 fully saturated rings. The molecule has 37 heavy (non-hydrogen) atoms. The summed E-state index contributed by atoms with van der Waals surface area (Å²) in [4.78, 5) is 43.1. The van der Waals surface area contributed by atoms with Crippen molar-refractivity contribution in [1.82, 2.24) is 15.1 Å². The van der Waals surface area contributed by atoms with Gasteiger partial charge in [0.05, 0.1) is 12.2 Å². The van der Waals surface area contributed by atoms with Crippen LogP contribution < -0.4 is 15.5 Å². The second-order valence-electron chi connectivity index (χ2n) is 9.95. The highest BCUT2D eigenvalue weighted by atomic mass is 19.1. The molecule has 3 rings (SSSR count). The number of anilines is 2. The lowest BCUT2D eigenvalue weighted by Crippen LogP contribution is -2.51. The van der Waals surface area contributed by atoms with E-state index in [1.165, 1.54) is 17.0 Å². The molecule has 200 valence electrons. The molecule has 0 spiro atoms. The Morgan fingerprint density at radius 3 is 2.24 bits per heavy atom. The topological polar surface area (TPSA) is 94.2 Å². The molecule has 0 radical (unpaired) electrons. The van der Waals surface area contributed by atoms with E-state index in [4.69, 9.17) is 4.74 Å². The zero-order valence-corrected chi connectivity index (χ0v) is 21.9. The van der Waals surface area contributed by atoms with Crippen LogP contribution in [0.1, 0.15) is 31.1 Å². The molecule has 0 saturated carbocycles. The van der Waals surface area contributed by atoms with Gasteiger partial charge in [-0.05, 0) is 57.2 Å². The molecule has 2 aromatic rings. The van der Waals surface area contributed by atoms with E-state index in [1.807, 2.05) is 32.9 Å². The fourth-order valence-electron chi connectivity index (χ4n) is 3.96. The van der Waals surface area contributed by atoms with Crippen molar-refractivity contribution in [3.63, 3.8) is 0 Å². The van der Waals surface area contributed by atoms with Crippen molar-refractivity contribution in [2.45, 2.75) is 26.3 Å². The number of piperazine rings is 1. The van der Waals surface area contributed by atoms with Gasteiger partial charge in [-0.15, -0.1) is 0 Å². The van der Waals surface area contributed by atoms with Gasteiger partial charge >= 0.3 is 6.03 Å². The van der Waals surface area contributed by atoms with Gasteiger partial charge in [-0.1, -0.05) is 12.1 Å². The summed E-state index contributed by atoms with van der Waals surface area (Å²) in [5.74, 6) is -1.12. The van der Waals surface area contributed by atoms with Gasteiger partial charge in [0.1, 0.15) is 12.4 Å². The lowest BCUT2D eigenvalue weighted by atomic mass is 10.1. The average Bonchev–Trinajstić information content (AvgIpc) is 2.86. The number of urea groups is 1. The van der Waals surface area contributed by atoms with Crippen molar-refractivity contribution < 1.29 is 23.5 Å². The van der Waals surface area contributed by atoms with Crippen LogP contribution in [0.25, 0.3) is 0 Å². The lowest BCUT2D eigenvalue weighted by Gasteiger charge is -2.36. The summed E-state index contributed by atoms with van der Waals surface area (Å²) in [5, 5.41) is 5.70. The maximum Gasteiger partial charge on any atom is 0.318 e. The summed E-state index contributed by atoms with van der Waals surface area (Å²) in [7, 11) is 1.54. The predicted molar refractivity (Wildman–Crippen MR) is 141 cm³/mol. The predicted octanol–water partition coefficient (Wildman–Crippen LogP) is 3.18. The zero-order chi connectivity index (χ0) is 27.0. The molecule has 0 atom stereocenters. The normalized spacial score (nSPS) is 13.8. The fraction of sp³-hybridized carbons (Fsp3) is 0.444. The highest BCUT2D eigenvalue weighted by molar-refractivity contribution is 5.95. The first-order chi connectivity index (χ1) is 17.6. The summed E-state index contributed by atoms with van der Waals surface area (Å²) in [6.45, 7) is 8.33. The van der Waals surface area contributed by atoms with E-state index in [0.717, 1.165) is 5.69 Å². The molecule has 0 bridgehead atoms. The van der Waals surface area contributed by atoms with Crippen LogP contribution in [0.3, 0.4) is 0 Å². The minimum atomic E-state index is -0.510. The van der Waals surface area contributed by atoms with Gasteiger partial charge in [-0.25, -0.2) is 9.18 Å². The molecule has 2 N–H and O–H groups in total. The van der Waals surface area contributed by atoms with Crippen LogP contribution >= 0.6 is 0 Å². The number of carbonyl (C=O) groups is 3. The molecular weight excluding hydrogens is 477 g/mol. The number of hydrogen-bond acceptors (Lipinski definition) is 5. The standard InChI is InChI=1S/C27H36FN5O4/c1-27(2,3)30-26(36)33(17-18-37-4)19-24(34)29-20-9-11-21(12-10-20)31-13-15-32(16-14-31)25(35)22-7-5-6-8-23(22)28/h5-12H,13-19H2,1-4H3,(H,29,34)(H,30,36). The van der Waals surface area contributed by atoms with E-state index in [0.29, 0.717) is 38.5 Å². The number of benzene rings is 2. The van der Waals surface area contributed by atoms with Crippen molar-refractivity contribution >= 4 is 29.2 Å². The Kier molecular flexibility index (Phi) is 9.46. The third kappa shape index (κ3) is 8.18. The molecular formula is C27H36FN5O4. The van der Waals surface area contributed by atoms with Crippen molar-refractivity contribution in [2.75, 3.05) is 63.2 Å². The Morgan fingerprint density at radius 2 is 1.65 bits per heavy atom. The third-order valence-corrected chi connectivity index (χ3v) is 5.86. The van der Waals surface area contributed by atoms with Crippen molar-refractivity contribution in [3.05, 3.63) is 59.9 Å². The molecule has 0 unspecified atom stereocenters. The van der Waals surface area contributed by atoms with Crippen LogP contribution in [0, 0.1) is 5.82 Å². The first-order valence-electron chi connectivity index (χ1n) is 12.3. The number of amides is 4. The van der Waals surface area contributed by atoms with Crippen LogP contribution in [0.15, 0.2) is 48.5 Å². The molecule has 10 heteroatoms. The maximum atomic E-state index is 14.0. The van der Waals surface area contributed by atoms with E-state index in [1.54, 1.807) is 36.3 Å². The average molecular weight is 514 g/mol. The molecule has 2 aromatic carbocycles. The van der Waals surface area contributed by atoms with Gasteiger partial charge in [0.15, 0.2) is 0 Å². The van der Waals surface area contributed by atoms with E-state index >= 15 is 0 Å². The number of rotatable bonds is 8. The Morgan fingerprint density at radius 1 is 1.00 bits per heavy atom. The van der Waals surface area contributed by atoms with Gasteiger partial charge < -0.3 is 30.1 Å². The van der Waals surface area contributed by atoms with E-state index < -0.39 is 11.4 Å². The Bertz CT molecular complexity index is 1080. The SMILES string of the molecule is COCCN(CC(=O)Nc1ccc(N2CCN(C(=O)c3ccccc3F)CC2)cc1)C(=O)NC(C)(C)C. The summed E-state index contributed by atoms with van der Waals surface area (Å²) in [5.41, 5.74) is 1.24. The van der Waals surface area contributed by atoms with Crippen LogP contribution in [-0.2, 0) is 9.53 Å². The van der Waals surface area contributed by atoms with Crippen molar-refractivity contribution in [3.8, 4) is 0 Å². The number of nitrogens with zero attached hydrogens (tertiary/aromatic N) is 3. The number of halogens is 1. The second kappa shape index (κ2) is 12.5. The van der Waals surface area contributed by atoms with Gasteiger partial charge in [-0.3, -0.25) is 9.59 Å². The molecule has 9 nitrogen and oxygen atoms in total. The summed E-state index contributed by atoms with van der Waals surface area (Å²) in [6.07, 6.45) is 0. The number of nitrogens with one attached hydrogen (secondary N) is 2. The second-order valence-corrected chi connectivity index (χ2v) is 9.95. The Hall–Kier alpha value is -3.66. The van der Waals surface area contributed by atoms with Crippen LogP contribution in [0.4, 0.5) is 20.6 Å². The molecule has 0 aromatic heterocycles. The van der Waals surface area contributed by atoms with Crippen molar-refractivity contribution in [2.24, 2.45) is 0 Å². The van der Waals surface area contributed by atoms with Crippen LogP contribution in [0.2, 0.25) is 0 Å². The monoisotopic (exact) mass is 513 g/mol. The van der Waals surface area contributed by atoms with E-state index in [9.17, 15) is 18.8 Å². The minimum Gasteiger partial charge on any atom is -0.383 e. The van der Waals surface area contributed by atoms with Gasteiger partial charge in [-0.2, -0.15) is 0 Å². The van der Waals surface area contributed by atoms with E-state index in [-0.39, 0.29) is 36.5 Å². The quantitative estimate of drug-likeness (QED) is 0.566. The molecule has 4 amide bonds. The molecule has 0 aliphatic carbocycles. The van der Waals surface area contributed by atoms with E-state index in [2.05, 4.69) is 15.5 Å². The van der Waals surface area contributed by atoms with Crippen molar-refractivity contribution in [1.29, 1.82) is 0 Å². The highest BCUT2D eigenvalue weighted by Crippen LogP contribution is 2.21. The molecule has 1 saturated heterocycles. The largest absolute Gasteiger partial charge is 0.383 e. The Labute approximate surface area is 217 Å². The van der Waals surface area contributed by atoms with Gasteiger partial charge in [0, 0.05) is 56.7 Å². The number of ether oxygens (including phenoxy) is 1. The lowest BCUT2D eigenvalue weighted by molar-refractivity contribution is -0.116. The van der Waals surface area contributed by atoms with Gasteiger partial charge in [0.25, 0.3) is 5.91 Å². The minimum absolute atomic E-state index is 0.0905. The first kappa shape index (κ1) is 27.9. The Balaban J connectivity index is 1.53. The first-order valence-corrected chi connectivity index (χ1v) is 12.3. The fourth-order valence-corrected chi connectivity index (χ4v) is 3.96. The summed E-state index contributed by atoms with van der Waals surface area (Å²) >= 11 is 0. The van der Waals surface area contributed by atoms with Gasteiger partial charge in [0.2, 0.25) is 5.91 Å². The number of hydrogen-bond donors (Lipinski definition) is 2. The third-order valence-electron chi connectivity index (χ3n) is 5.86. The highest BCUT2D eigenvalue weighted by Gasteiger charge is 2.24. The summed E-state index contributed by atoms with van der Waals surface area (Å²) < 4.78 is 19.1. The smallest absolute Gasteiger partial charge is 0.318 e. The molecule has 1 aliphatic rings. The molecule has 1 heterocycles. The number of methoxy groups -OCH3 is 1. The maximum absolute atomic E-state index is 14.0. The zero-order valence-electron chi connectivity index (χ0n) is 21.9. The van der Waals surface area contributed by atoms with Crippen LogP contribution in [0.5, 0.6) is 0 Å². The summed E-state index contributed by atoms with van der Waals surface area (Å²) in [6, 6.07) is 13.1. The van der Waals surface area contributed by atoms with Crippen LogP contribution in [-0.4, -0.2) is 86.2 Å².